The van der Waals surface area contributed by atoms with Crippen LogP contribution < -0.4 is 21.7 Å². The molecule has 8 heteroatoms. The number of aliphatic imine (C=N–C) groups is 1. The molecule has 2 aliphatic heterocycles. The Morgan fingerprint density at radius 3 is 2.62 bits per heavy atom. The molecule has 0 radical (unpaired) electrons. The number of hydrogen-bond acceptors (Lipinski definition) is 8. The molecule has 8 nitrogen and oxygen atoms in total. The van der Waals surface area contributed by atoms with Crippen molar-refractivity contribution in [2.75, 3.05) is 32.0 Å². The smallest absolute Gasteiger partial charge is 0.151 e. The van der Waals surface area contributed by atoms with E-state index in [9.17, 15) is 4.79 Å². The first-order chi connectivity index (χ1) is 19.0. The average molecular weight is 547 g/mol. The van der Waals surface area contributed by atoms with Gasteiger partial charge in [-0.2, -0.15) is 0 Å². The minimum atomic E-state index is -0.252. The van der Waals surface area contributed by atoms with E-state index in [1.54, 1.807) is 0 Å². The van der Waals surface area contributed by atoms with E-state index in [2.05, 4.69) is 39.6 Å². The van der Waals surface area contributed by atoms with E-state index in [0.29, 0.717) is 26.1 Å². The molecule has 0 amide bonds. The number of Topliss-reactive ketones (excluding diaryl/α,β-unsaturated/α-hetero) is 1. The molecular weight excluding hydrogens is 500 g/mol. The van der Waals surface area contributed by atoms with E-state index in [0.717, 1.165) is 46.3 Å². The summed E-state index contributed by atoms with van der Waals surface area (Å²) in [6.07, 6.45) is 11.1. The number of nitrogens with one attached hydrogen (secondary N) is 3. The van der Waals surface area contributed by atoms with Crippen molar-refractivity contribution in [2.24, 2.45) is 10.7 Å². The highest BCUT2D eigenvalue weighted by molar-refractivity contribution is 6.01. The molecule has 40 heavy (non-hydrogen) atoms. The van der Waals surface area contributed by atoms with Gasteiger partial charge in [0.05, 0.1) is 18.2 Å². The zero-order valence-electron chi connectivity index (χ0n) is 24.9. The molecule has 0 spiro atoms. The van der Waals surface area contributed by atoms with Gasteiger partial charge in [0.25, 0.3) is 0 Å². The topological polar surface area (TPSA) is 104 Å². The number of nitrogens with zero attached hydrogens (tertiary/aromatic N) is 2. The highest BCUT2D eigenvalue weighted by Crippen LogP contribution is 2.21. The minimum Gasteiger partial charge on any atom is -0.392 e. The third kappa shape index (κ3) is 9.93. The van der Waals surface area contributed by atoms with E-state index in [1.807, 2.05) is 84.2 Å². The summed E-state index contributed by atoms with van der Waals surface area (Å²) in [7, 11) is 1.88. The molecule has 1 fully saturated rings. The van der Waals surface area contributed by atoms with Crippen molar-refractivity contribution in [3.05, 3.63) is 89.6 Å². The number of allylic oxidation sites excluding steroid dienone is 6. The maximum Gasteiger partial charge on any atom is 0.151 e. The first-order valence-electron chi connectivity index (χ1n) is 13.9. The monoisotopic (exact) mass is 546 g/mol. The number of ketones is 1. The Morgan fingerprint density at radius 1 is 1.25 bits per heavy atom. The van der Waals surface area contributed by atoms with Crippen LogP contribution in [0.5, 0.6) is 0 Å². The van der Waals surface area contributed by atoms with Crippen molar-refractivity contribution >= 4 is 17.3 Å². The van der Waals surface area contributed by atoms with Crippen molar-refractivity contribution in [3.63, 3.8) is 0 Å². The molecule has 2 heterocycles. The van der Waals surface area contributed by atoms with Gasteiger partial charge in [0.15, 0.2) is 5.78 Å². The third-order valence-corrected chi connectivity index (χ3v) is 6.52. The molecule has 1 unspecified atom stereocenters. The molecule has 1 aromatic carbocycles. The average Bonchev–Trinajstić information content (AvgIpc) is 3.20. The Morgan fingerprint density at radius 2 is 1.98 bits per heavy atom. The van der Waals surface area contributed by atoms with E-state index < -0.39 is 0 Å². The molecule has 0 bridgehead atoms. The molecule has 0 saturated carbocycles. The summed E-state index contributed by atoms with van der Waals surface area (Å²) in [4.78, 5) is 19.7. The van der Waals surface area contributed by atoms with Gasteiger partial charge in [0.1, 0.15) is 11.7 Å². The van der Waals surface area contributed by atoms with Crippen LogP contribution in [0.2, 0.25) is 0 Å². The van der Waals surface area contributed by atoms with Gasteiger partial charge in [0, 0.05) is 49.7 Å². The number of carbonyl (C=O) groups excluding carboxylic acids is 1. The zero-order valence-corrected chi connectivity index (χ0v) is 24.9. The van der Waals surface area contributed by atoms with Crippen LogP contribution >= 0.6 is 0 Å². The largest absolute Gasteiger partial charge is 0.392 e. The number of anilines is 1. The lowest BCUT2D eigenvalue weighted by Gasteiger charge is -2.26. The quantitative estimate of drug-likeness (QED) is 0.305. The Bertz CT molecular complexity index is 1200. The lowest BCUT2D eigenvalue weighted by molar-refractivity contribution is -0.119. The number of benzene rings is 1. The van der Waals surface area contributed by atoms with E-state index in [4.69, 9.17) is 15.5 Å². The summed E-state index contributed by atoms with van der Waals surface area (Å²) >= 11 is 0. The second-order valence-electron chi connectivity index (χ2n) is 11.4. The Kier molecular flexibility index (Phi) is 11.1. The zero-order chi connectivity index (χ0) is 29.3. The van der Waals surface area contributed by atoms with E-state index in [1.165, 1.54) is 0 Å². The van der Waals surface area contributed by atoms with Gasteiger partial charge in [-0.1, -0.05) is 36.9 Å². The van der Waals surface area contributed by atoms with Gasteiger partial charge < -0.3 is 26.4 Å². The molecular formula is C32H46N6O2. The molecule has 1 saturated heterocycles. The van der Waals surface area contributed by atoms with Crippen LogP contribution in [0, 0.1) is 0 Å². The van der Waals surface area contributed by atoms with Crippen LogP contribution in [0.3, 0.4) is 0 Å². The van der Waals surface area contributed by atoms with Crippen LogP contribution in [0.15, 0.2) is 89.0 Å². The molecule has 3 rings (SSSR count). The number of carbonyl (C=O) groups is 1. The second kappa shape index (κ2) is 14.3. The van der Waals surface area contributed by atoms with Gasteiger partial charge in [-0.25, -0.2) is 4.99 Å². The summed E-state index contributed by atoms with van der Waals surface area (Å²) < 4.78 is 6.07. The molecule has 1 aromatic rings. The van der Waals surface area contributed by atoms with Gasteiger partial charge in [0.2, 0.25) is 0 Å². The van der Waals surface area contributed by atoms with Crippen LogP contribution in [-0.2, 0) is 16.0 Å². The maximum absolute atomic E-state index is 12.8. The normalized spacial score (nSPS) is 21.4. The van der Waals surface area contributed by atoms with Crippen LogP contribution in [0.4, 0.5) is 5.69 Å². The molecule has 0 aromatic heterocycles. The number of amidine groups is 1. The lowest BCUT2D eigenvalue weighted by atomic mass is 10.1. The number of nitrogens with two attached hydrogens (primary N) is 1. The Hall–Kier alpha value is -3.46. The van der Waals surface area contributed by atoms with Gasteiger partial charge in [-0.15, -0.1) is 0 Å². The standard InChI is InChI=1S/C32H46N6O2/c1-8-9-10-25-13-16-30(37-31(25)35-23(3)17-22(2)34-7)36-26-14-11-24(12-15-26)18-27(39)19-38-20-28(33)29(21-38)40-32(4,5)6/h8-12,14-17,28-29,34,36H,3,13,18-21,33H2,1-2,4-7H3,(H,35,37)/b9-8-,22-17-,25-10+/t28-,29?/m0/s1. The van der Waals surface area contributed by atoms with Crippen molar-refractivity contribution in [2.45, 2.75) is 65.2 Å². The Labute approximate surface area is 239 Å². The highest BCUT2D eigenvalue weighted by Gasteiger charge is 2.34. The summed E-state index contributed by atoms with van der Waals surface area (Å²) in [6.45, 7) is 15.9. The number of rotatable bonds is 11. The van der Waals surface area contributed by atoms with E-state index >= 15 is 0 Å². The SMILES string of the molecule is C=C(/C=C(/C)NC)NC1=NC(Nc2ccc(CC(=O)CN3CC(OC(C)(C)C)[C@@H](N)C3)cc2)=CC/C1=C\C=C/C. The molecule has 0 aliphatic carbocycles. The fourth-order valence-electron chi connectivity index (χ4n) is 4.58. The fourth-order valence-corrected chi connectivity index (χ4v) is 4.58. The van der Waals surface area contributed by atoms with Crippen molar-refractivity contribution in [1.82, 2.24) is 15.5 Å². The van der Waals surface area contributed by atoms with Crippen LogP contribution in [0.25, 0.3) is 0 Å². The fraction of sp³-hybridized carbons (Fsp3) is 0.438. The van der Waals surface area contributed by atoms with Crippen molar-refractivity contribution in [3.8, 4) is 0 Å². The van der Waals surface area contributed by atoms with Gasteiger partial charge in [-0.05, 0) is 76.5 Å². The first kappa shape index (κ1) is 31.1. The summed E-state index contributed by atoms with van der Waals surface area (Å²) in [5.41, 5.74) is 10.7. The van der Waals surface area contributed by atoms with Crippen molar-refractivity contribution in [1.29, 1.82) is 0 Å². The summed E-state index contributed by atoms with van der Waals surface area (Å²) in [6, 6.07) is 7.85. The van der Waals surface area contributed by atoms with Crippen molar-refractivity contribution < 1.29 is 9.53 Å². The van der Waals surface area contributed by atoms with Gasteiger partial charge >= 0.3 is 0 Å². The number of ether oxygens (including phenoxy) is 1. The van der Waals surface area contributed by atoms with Crippen LogP contribution in [-0.4, -0.2) is 60.9 Å². The van der Waals surface area contributed by atoms with Gasteiger partial charge in [-0.3, -0.25) is 9.69 Å². The highest BCUT2D eigenvalue weighted by atomic mass is 16.5. The maximum atomic E-state index is 12.8. The summed E-state index contributed by atoms with van der Waals surface area (Å²) in [5.74, 6) is 1.68. The summed E-state index contributed by atoms with van der Waals surface area (Å²) in [5, 5.41) is 9.83. The molecule has 5 N–H and O–H groups in total. The second-order valence-corrected chi connectivity index (χ2v) is 11.4. The van der Waals surface area contributed by atoms with Crippen LogP contribution in [0.1, 0.15) is 46.6 Å². The third-order valence-electron chi connectivity index (χ3n) is 6.52. The lowest BCUT2D eigenvalue weighted by Crippen LogP contribution is -2.40. The molecule has 2 atom stereocenters. The first-order valence-corrected chi connectivity index (χ1v) is 13.9. The predicted molar refractivity (Wildman–Crippen MR) is 166 cm³/mol. The number of likely N-dealkylation sites (tertiary alicyclic amines) is 1. The predicted octanol–water partition coefficient (Wildman–Crippen LogP) is 4.41. The van der Waals surface area contributed by atoms with E-state index in [-0.39, 0.29) is 23.5 Å². The minimum absolute atomic E-state index is 0.0488. The number of hydrogen-bond donors (Lipinski definition) is 4. The molecule has 216 valence electrons. The molecule has 2 aliphatic rings. The Balaban J connectivity index is 1.58.